The summed E-state index contributed by atoms with van der Waals surface area (Å²) in [5.41, 5.74) is 3.90. The average Bonchev–Trinajstić information content (AvgIpc) is 2.71. The second-order valence-electron chi connectivity index (χ2n) is 5.62. The number of carbonyl (C=O) groups is 1. The van der Waals surface area contributed by atoms with Crippen LogP contribution in [0.1, 0.15) is 33.5 Å². The van der Waals surface area contributed by atoms with Gasteiger partial charge < -0.3 is 10.0 Å². The third-order valence-corrected chi connectivity index (χ3v) is 4.02. The highest BCUT2D eigenvalue weighted by Crippen LogP contribution is 2.24. The van der Waals surface area contributed by atoms with E-state index in [4.69, 9.17) is 0 Å². The first-order chi connectivity index (χ1) is 10.1. The summed E-state index contributed by atoms with van der Waals surface area (Å²) in [4.78, 5) is 14.5. The lowest BCUT2D eigenvalue weighted by molar-refractivity contribution is 0.0742. The SMILES string of the molecule is Cc1ccc(O)c(C(=O)N2CCCc3ccccc3C2)c1. The Morgan fingerprint density at radius 1 is 1.14 bits per heavy atom. The molecular formula is C18H19NO2. The maximum absolute atomic E-state index is 12.7. The number of aromatic hydroxyl groups is 1. The number of rotatable bonds is 1. The minimum Gasteiger partial charge on any atom is -0.507 e. The van der Waals surface area contributed by atoms with Crippen molar-refractivity contribution in [3.8, 4) is 5.75 Å². The molecule has 3 nitrogen and oxygen atoms in total. The lowest BCUT2D eigenvalue weighted by Crippen LogP contribution is -2.30. The molecule has 0 fully saturated rings. The smallest absolute Gasteiger partial charge is 0.257 e. The summed E-state index contributed by atoms with van der Waals surface area (Å²) in [5, 5.41) is 9.95. The fourth-order valence-corrected chi connectivity index (χ4v) is 2.87. The minimum atomic E-state index is -0.0899. The third kappa shape index (κ3) is 2.77. The van der Waals surface area contributed by atoms with E-state index >= 15 is 0 Å². The Balaban J connectivity index is 1.90. The minimum absolute atomic E-state index is 0.0585. The van der Waals surface area contributed by atoms with Gasteiger partial charge in [0.2, 0.25) is 0 Å². The van der Waals surface area contributed by atoms with E-state index in [1.807, 2.05) is 30.0 Å². The van der Waals surface area contributed by atoms with Gasteiger partial charge in [-0.3, -0.25) is 4.79 Å². The molecular weight excluding hydrogens is 262 g/mol. The molecule has 1 aliphatic heterocycles. The molecule has 0 bridgehead atoms. The van der Waals surface area contributed by atoms with Crippen LogP contribution >= 0.6 is 0 Å². The lowest BCUT2D eigenvalue weighted by Gasteiger charge is -2.21. The van der Waals surface area contributed by atoms with Crippen LogP contribution in [-0.2, 0) is 13.0 Å². The maximum Gasteiger partial charge on any atom is 0.257 e. The highest BCUT2D eigenvalue weighted by Gasteiger charge is 2.22. The lowest BCUT2D eigenvalue weighted by atomic mass is 10.0. The van der Waals surface area contributed by atoms with Gasteiger partial charge in [0, 0.05) is 13.1 Å². The van der Waals surface area contributed by atoms with Crippen LogP contribution in [0.2, 0.25) is 0 Å². The number of fused-ring (bicyclic) bond motifs is 1. The van der Waals surface area contributed by atoms with Crippen molar-refractivity contribution in [2.75, 3.05) is 6.54 Å². The van der Waals surface area contributed by atoms with Crippen LogP contribution in [0.3, 0.4) is 0 Å². The Labute approximate surface area is 124 Å². The van der Waals surface area contributed by atoms with E-state index in [-0.39, 0.29) is 11.7 Å². The van der Waals surface area contributed by atoms with E-state index in [9.17, 15) is 9.90 Å². The van der Waals surface area contributed by atoms with E-state index in [1.54, 1.807) is 12.1 Å². The van der Waals surface area contributed by atoms with Crippen LogP contribution in [0, 0.1) is 6.92 Å². The van der Waals surface area contributed by atoms with Gasteiger partial charge in [0.1, 0.15) is 5.75 Å². The van der Waals surface area contributed by atoms with Crippen molar-refractivity contribution in [2.45, 2.75) is 26.3 Å². The molecule has 1 amide bonds. The molecule has 21 heavy (non-hydrogen) atoms. The molecule has 0 unspecified atom stereocenters. The molecule has 0 spiro atoms. The maximum atomic E-state index is 12.7. The Morgan fingerprint density at radius 2 is 1.90 bits per heavy atom. The Kier molecular flexibility index (Phi) is 3.65. The van der Waals surface area contributed by atoms with E-state index in [0.29, 0.717) is 12.1 Å². The fourth-order valence-electron chi connectivity index (χ4n) is 2.87. The van der Waals surface area contributed by atoms with Gasteiger partial charge in [-0.1, -0.05) is 35.9 Å². The van der Waals surface area contributed by atoms with E-state index in [2.05, 4.69) is 12.1 Å². The molecule has 0 radical (unpaired) electrons. The number of nitrogens with zero attached hydrogens (tertiary/aromatic N) is 1. The quantitative estimate of drug-likeness (QED) is 0.871. The molecule has 2 aromatic carbocycles. The van der Waals surface area contributed by atoms with Crippen molar-refractivity contribution in [3.05, 3.63) is 64.7 Å². The third-order valence-electron chi connectivity index (χ3n) is 4.02. The molecule has 0 aromatic heterocycles. The van der Waals surface area contributed by atoms with Crippen LogP contribution in [0.5, 0.6) is 5.75 Å². The summed E-state index contributed by atoms with van der Waals surface area (Å²) in [7, 11) is 0. The van der Waals surface area contributed by atoms with Crippen molar-refractivity contribution in [3.63, 3.8) is 0 Å². The number of phenolic OH excluding ortho intramolecular Hbond substituents is 1. The van der Waals surface area contributed by atoms with Crippen LogP contribution in [0.15, 0.2) is 42.5 Å². The molecule has 0 atom stereocenters. The van der Waals surface area contributed by atoms with Crippen molar-refractivity contribution in [2.24, 2.45) is 0 Å². The number of aryl methyl sites for hydroxylation is 2. The molecule has 3 rings (SSSR count). The van der Waals surface area contributed by atoms with Crippen molar-refractivity contribution in [1.29, 1.82) is 0 Å². The number of hydrogen-bond acceptors (Lipinski definition) is 2. The fraction of sp³-hybridized carbons (Fsp3) is 0.278. The molecule has 108 valence electrons. The summed E-state index contributed by atoms with van der Waals surface area (Å²) in [6.07, 6.45) is 1.95. The summed E-state index contributed by atoms with van der Waals surface area (Å²) < 4.78 is 0. The van der Waals surface area contributed by atoms with Crippen molar-refractivity contribution in [1.82, 2.24) is 4.90 Å². The normalized spacial score (nSPS) is 14.4. The molecule has 0 saturated carbocycles. The number of amides is 1. The molecule has 1 heterocycles. The van der Waals surface area contributed by atoms with Gasteiger partial charge in [-0.2, -0.15) is 0 Å². The van der Waals surface area contributed by atoms with Crippen LogP contribution in [-0.4, -0.2) is 22.5 Å². The zero-order valence-electron chi connectivity index (χ0n) is 12.2. The zero-order chi connectivity index (χ0) is 14.8. The first kappa shape index (κ1) is 13.7. The summed E-state index contributed by atoms with van der Waals surface area (Å²) in [5.74, 6) is -0.0314. The molecule has 2 aromatic rings. The van der Waals surface area contributed by atoms with E-state index in [1.165, 1.54) is 11.1 Å². The second kappa shape index (κ2) is 5.60. The monoisotopic (exact) mass is 281 g/mol. The predicted molar refractivity (Wildman–Crippen MR) is 82.3 cm³/mol. The topological polar surface area (TPSA) is 40.5 Å². The summed E-state index contributed by atoms with van der Waals surface area (Å²) in [6.45, 7) is 3.26. The van der Waals surface area contributed by atoms with Crippen LogP contribution in [0.25, 0.3) is 0 Å². The first-order valence-corrected chi connectivity index (χ1v) is 7.31. The van der Waals surface area contributed by atoms with E-state index in [0.717, 1.165) is 24.9 Å². The van der Waals surface area contributed by atoms with Gasteiger partial charge in [-0.25, -0.2) is 0 Å². The number of benzene rings is 2. The van der Waals surface area contributed by atoms with Crippen molar-refractivity contribution >= 4 is 5.91 Å². The zero-order valence-corrected chi connectivity index (χ0v) is 12.2. The van der Waals surface area contributed by atoms with Gasteiger partial charge in [-0.05, 0) is 43.0 Å². The molecule has 1 N–H and O–H groups in total. The average molecular weight is 281 g/mol. The number of phenols is 1. The summed E-state index contributed by atoms with van der Waals surface area (Å²) >= 11 is 0. The molecule has 3 heteroatoms. The largest absolute Gasteiger partial charge is 0.507 e. The highest BCUT2D eigenvalue weighted by molar-refractivity contribution is 5.97. The highest BCUT2D eigenvalue weighted by atomic mass is 16.3. The van der Waals surface area contributed by atoms with Gasteiger partial charge in [-0.15, -0.1) is 0 Å². The molecule has 0 saturated heterocycles. The number of hydrogen-bond donors (Lipinski definition) is 1. The van der Waals surface area contributed by atoms with Gasteiger partial charge in [0.15, 0.2) is 0 Å². The molecule has 0 aliphatic carbocycles. The standard InChI is InChI=1S/C18H19NO2/c1-13-8-9-17(20)16(11-13)18(21)19-10-4-7-14-5-2-3-6-15(14)12-19/h2-3,5-6,8-9,11,20H,4,7,10,12H2,1H3. The van der Waals surface area contributed by atoms with Gasteiger partial charge >= 0.3 is 0 Å². The van der Waals surface area contributed by atoms with Crippen LogP contribution in [0.4, 0.5) is 0 Å². The van der Waals surface area contributed by atoms with Crippen molar-refractivity contribution < 1.29 is 9.90 Å². The first-order valence-electron chi connectivity index (χ1n) is 7.31. The second-order valence-corrected chi connectivity index (χ2v) is 5.62. The Bertz CT molecular complexity index is 679. The Morgan fingerprint density at radius 3 is 2.71 bits per heavy atom. The van der Waals surface area contributed by atoms with E-state index < -0.39 is 0 Å². The van der Waals surface area contributed by atoms with Gasteiger partial charge in [0.25, 0.3) is 5.91 Å². The summed E-state index contributed by atoms with van der Waals surface area (Å²) in [6, 6.07) is 13.4. The molecule has 1 aliphatic rings. The predicted octanol–water partition coefficient (Wildman–Crippen LogP) is 3.29. The van der Waals surface area contributed by atoms with Gasteiger partial charge in [0.05, 0.1) is 5.56 Å². The number of carbonyl (C=O) groups excluding carboxylic acids is 1. The Hall–Kier alpha value is -2.29. The van der Waals surface area contributed by atoms with Crippen LogP contribution < -0.4 is 0 Å².